The molecule has 0 aliphatic carbocycles. The molecular weight excluding hydrogens is 512 g/mol. The van der Waals surface area contributed by atoms with E-state index in [1.807, 2.05) is 80.6 Å². The van der Waals surface area contributed by atoms with Gasteiger partial charge in [0.05, 0.1) is 0 Å². The maximum absolute atomic E-state index is 13.8. The molecule has 1 aliphatic rings. The van der Waals surface area contributed by atoms with Gasteiger partial charge in [-0.15, -0.1) is 0 Å². The molecule has 2 atom stereocenters. The number of piperazine rings is 1. The number of aromatic nitrogens is 1. The molecule has 3 aromatic carbocycles. The molecule has 8 heteroatoms. The van der Waals surface area contributed by atoms with E-state index >= 15 is 0 Å². The number of amides is 3. The van der Waals surface area contributed by atoms with Crippen LogP contribution in [-0.2, 0) is 11.3 Å². The molecule has 214 valence electrons. The predicted molar refractivity (Wildman–Crippen MR) is 166 cm³/mol. The van der Waals surface area contributed by atoms with Gasteiger partial charge in [-0.2, -0.15) is 0 Å². The van der Waals surface area contributed by atoms with Gasteiger partial charge in [0, 0.05) is 67.1 Å². The fourth-order valence-electron chi connectivity index (χ4n) is 5.55. The average molecular weight is 553 g/mol. The van der Waals surface area contributed by atoms with E-state index in [0.717, 1.165) is 47.4 Å². The Morgan fingerprint density at radius 1 is 0.951 bits per heavy atom. The topological polar surface area (TPSA) is 83.7 Å². The van der Waals surface area contributed by atoms with Gasteiger partial charge in [-0.05, 0) is 62.5 Å². The number of hydrogen-bond donors (Lipinski definition) is 3. The van der Waals surface area contributed by atoms with Gasteiger partial charge in [-0.25, -0.2) is 4.79 Å². The highest BCUT2D eigenvalue weighted by molar-refractivity contribution is 5.98. The largest absolute Gasteiger partial charge is 0.368 e. The Kier molecular flexibility index (Phi) is 8.59. The zero-order chi connectivity index (χ0) is 28.9. The SMILES string of the molecule is Cc1ccc(N2CCN(C(=O)NC(C(=O)Nc3cccc(CN(C)C)c3)C(C)c3c[nH]c4ccccc34)CC2)cc1. The van der Waals surface area contributed by atoms with Crippen molar-refractivity contribution in [3.63, 3.8) is 0 Å². The number of carbonyl (C=O) groups excluding carboxylic acids is 2. The number of anilines is 2. The van der Waals surface area contributed by atoms with E-state index in [1.54, 1.807) is 0 Å². The molecule has 1 aliphatic heterocycles. The van der Waals surface area contributed by atoms with E-state index < -0.39 is 6.04 Å². The third-order valence-electron chi connectivity index (χ3n) is 7.83. The summed E-state index contributed by atoms with van der Waals surface area (Å²) >= 11 is 0. The Morgan fingerprint density at radius 2 is 1.68 bits per heavy atom. The number of nitrogens with zero attached hydrogens (tertiary/aromatic N) is 3. The van der Waals surface area contributed by atoms with E-state index in [-0.39, 0.29) is 17.9 Å². The number of benzene rings is 3. The maximum atomic E-state index is 13.8. The van der Waals surface area contributed by atoms with Gasteiger partial charge in [-0.3, -0.25) is 4.79 Å². The fraction of sp³-hybridized carbons (Fsp3) is 0.333. The molecule has 41 heavy (non-hydrogen) atoms. The average Bonchev–Trinajstić information content (AvgIpc) is 3.40. The summed E-state index contributed by atoms with van der Waals surface area (Å²) in [5.41, 5.74) is 6.20. The van der Waals surface area contributed by atoms with E-state index in [2.05, 4.69) is 56.6 Å². The zero-order valence-electron chi connectivity index (χ0n) is 24.4. The van der Waals surface area contributed by atoms with Crippen LogP contribution in [0.25, 0.3) is 10.9 Å². The van der Waals surface area contributed by atoms with Crippen LogP contribution in [0.2, 0.25) is 0 Å². The number of aryl methyl sites for hydroxylation is 1. The van der Waals surface area contributed by atoms with Gasteiger partial charge in [-0.1, -0.05) is 55.0 Å². The molecule has 0 saturated carbocycles. The highest BCUT2D eigenvalue weighted by Gasteiger charge is 2.32. The number of nitrogens with one attached hydrogen (secondary N) is 3. The predicted octanol–water partition coefficient (Wildman–Crippen LogP) is 5.18. The molecule has 1 fully saturated rings. The Balaban J connectivity index is 1.33. The molecular formula is C33H40N6O2. The molecule has 1 saturated heterocycles. The summed E-state index contributed by atoms with van der Waals surface area (Å²) in [4.78, 5) is 36.9. The number of carbonyl (C=O) groups is 2. The van der Waals surface area contributed by atoms with Crippen LogP contribution < -0.4 is 15.5 Å². The van der Waals surface area contributed by atoms with Crippen molar-refractivity contribution >= 4 is 34.2 Å². The van der Waals surface area contributed by atoms with Gasteiger partial charge in [0.25, 0.3) is 0 Å². The molecule has 0 bridgehead atoms. The minimum absolute atomic E-state index is 0.221. The summed E-state index contributed by atoms with van der Waals surface area (Å²) in [6, 6.07) is 23.4. The molecule has 3 N–H and O–H groups in total. The summed E-state index contributed by atoms with van der Waals surface area (Å²) in [5.74, 6) is -0.509. The summed E-state index contributed by atoms with van der Waals surface area (Å²) in [6.07, 6.45) is 1.94. The third-order valence-corrected chi connectivity index (χ3v) is 7.83. The van der Waals surface area contributed by atoms with Gasteiger partial charge in [0.1, 0.15) is 6.04 Å². The fourth-order valence-corrected chi connectivity index (χ4v) is 5.55. The number of H-pyrrole nitrogens is 1. The van der Waals surface area contributed by atoms with Crippen molar-refractivity contribution in [1.29, 1.82) is 0 Å². The second-order valence-electron chi connectivity index (χ2n) is 11.2. The Morgan fingerprint density at radius 3 is 2.41 bits per heavy atom. The third kappa shape index (κ3) is 6.72. The lowest BCUT2D eigenvalue weighted by molar-refractivity contribution is -0.118. The van der Waals surface area contributed by atoms with E-state index in [0.29, 0.717) is 18.8 Å². The first kappa shape index (κ1) is 28.2. The number of urea groups is 1. The van der Waals surface area contributed by atoms with E-state index in [1.165, 1.54) is 5.56 Å². The van der Waals surface area contributed by atoms with E-state index in [9.17, 15) is 9.59 Å². The summed E-state index contributed by atoms with van der Waals surface area (Å²) in [5, 5.41) is 7.23. The van der Waals surface area contributed by atoms with Crippen molar-refractivity contribution in [1.82, 2.24) is 20.1 Å². The lowest BCUT2D eigenvalue weighted by Gasteiger charge is -2.37. The number of para-hydroxylation sites is 1. The second kappa shape index (κ2) is 12.5. The van der Waals surface area contributed by atoms with Crippen LogP contribution in [0.1, 0.15) is 29.5 Å². The molecule has 2 unspecified atom stereocenters. The first-order chi connectivity index (χ1) is 19.8. The Bertz CT molecular complexity index is 1490. The van der Waals surface area contributed by atoms with Gasteiger partial charge in [0.15, 0.2) is 0 Å². The normalized spacial score (nSPS) is 15.1. The van der Waals surface area contributed by atoms with Crippen molar-refractivity contribution in [2.24, 2.45) is 0 Å². The van der Waals surface area contributed by atoms with Gasteiger partial charge < -0.3 is 30.3 Å². The van der Waals surface area contributed by atoms with Crippen molar-refractivity contribution in [3.8, 4) is 0 Å². The molecule has 8 nitrogen and oxygen atoms in total. The smallest absolute Gasteiger partial charge is 0.318 e. The zero-order valence-corrected chi connectivity index (χ0v) is 24.4. The molecule has 4 aromatic rings. The molecule has 1 aromatic heterocycles. The lowest BCUT2D eigenvalue weighted by Crippen LogP contribution is -2.56. The number of rotatable bonds is 8. The standard InChI is InChI=1S/C33H40N6O2/c1-23-12-14-27(15-13-23)38-16-18-39(19-17-38)33(41)36-31(24(2)29-21-34-30-11-6-5-10-28(29)30)32(40)35-26-9-7-8-25(20-26)22-37(3)4/h5-15,20-21,24,31,34H,16-19,22H2,1-4H3,(H,35,40)(H,36,41). The number of hydrogen-bond acceptors (Lipinski definition) is 4. The van der Waals surface area contributed by atoms with Crippen LogP contribution in [0, 0.1) is 6.92 Å². The minimum atomic E-state index is -0.769. The monoisotopic (exact) mass is 552 g/mol. The van der Waals surface area contributed by atoms with E-state index in [4.69, 9.17) is 0 Å². The first-order valence-electron chi connectivity index (χ1n) is 14.3. The van der Waals surface area contributed by atoms with Crippen LogP contribution in [0.15, 0.2) is 79.0 Å². The number of fused-ring (bicyclic) bond motifs is 1. The highest BCUT2D eigenvalue weighted by Crippen LogP contribution is 2.29. The molecule has 3 amide bonds. The summed E-state index contributed by atoms with van der Waals surface area (Å²) in [7, 11) is 4.03. The van der Waals surface area contributed by atoms with Crippen LogP contribution in [0.4, 0.5) is 16.2 Å². The van der Waals surface area contributed by atoms with Crippen molar-refractivity contribution in [2.45, 2.75) is 32.4 Å². The van der Waals surface area contributed by atoms with Gasteiger partial charge >= 0.3 is 6.03 Å². The Hall–Kier alpha value is -4.30. The highest BCUT2D eigenvalue weighted by atomic mass is 16.2. The molecule has 0 radical (unpaired) electrons. The Labute approximate surface area is 242 Å². The van der Waals surface area contributed by atoms with Crippen molar-refractivity contribution < 1.29 is 9.59 Å². The lowest BCUT2D eigenvalue weighted by atomic mass is 9.92. The van der Waals surface area contributed by atoms with Crippen LogP contribution >= 0.6 is 0 Å². The molecule has 2 heterocycles. The molecule has 5 rings (SSSR count). The summed E-state index contributed by atoms with van der Waals surface area (Å²) in [6.45, 7) is 7.50. The van der Waals surface area contributed by atoms with Crippen LogP contribution in [-0.4, -0.2) is 73.0 Å². The van der Waals surface area contributed by atoms with Gasteiger partial charge in [0.2, 0.25) is 5.91 Å². The maximum Gasteiger partial charge on any atom is 0.318 e. The van der Waals surface area contributed by atoms with Crippen molar-refractivity contribution in [3.05, 3.63) is 95.7 Å². The molecule has 0 spiro atoms. The second-order valence-corrected chi connectivity index (χ2v) is 11.2. The van der Waals surface area contributed by atoms with Crippen molar-refractivity contribution in [2.75, 3.05) is 50.5 Å². The quantitative estimate of drug-likeness (QED) is 0.281. The van der Waals surface area contributed by atoms with Crippen LogP contribution in [0.5, 0.6) is 0 Å². The van der Waals surface area contributed by atoms with Crippen LogP contribution in [0.3, 0.4) is 0 Å². The summed E-state index contributed by atoms with van der Waals surface area (Å²) < 4.78 is 0. The number of aromatic amines is 1. The first-order valence-corrected chi connectivity index (χ1v) is 14.3. The minimum Gasteiger partial charge on any atom is -0.368 e.